The molecule has 2 aliphatic rings. The van der Waals surface area contributed by atoms with Crippen molar-refractivity contribution in [3.8, 4) is 0 Å². The van der Waals surface area contributed by atoms with Crippen LogP contribution in [0.15, 0.2) is 4.99 Å². The molecule has 2 saturated heterocycles. The van der Waals surface area contributed by atoms with Crippen LogP contribution in [-0.4, -0.2) is 101 Å². The molecule has 0 radical (unpaired) electrons. The van der Waals surface area contributed by atoms with Crippen molar-refractivity contribution < 1.29 is 14.3 Å². The van der Waals surface area contributed by atoms with Crippen molar-refractivity contribution in [2.75, 3.05) is 73.2 Å². The summed E-state index contributed by atoms with van der Waals surface area (Å²) in [6.07, 6.45) is 6.17. The van der Waals surface area contributed by atoms with Gasteiger partial charge in [0.15, 0.2) is 5.96 Å². The molecule has 0 saturated carbocycles. The largest absolute Gasteiger partial charge is 0.379 e. The number of guanidine groups is 1. The highest BCUT2D eigenvalue weighted by atomic mass is 16.5. The van der Waals surface area contributed by atoms with Gasteiger partial charge in [-0.25, -0.2) is 4.99 Å². The van der Waals surface area contributed by atoms with Gasteiger partial charge in [0.2, 0.25) is 5.91 Å². The van der Waals surface area contributed by atoms with Crippen molar-refractivity contribution in [1.29, 1.82) is 0 Å². The standard InChI is InChI=1S/C19H37N5O3/c1-23(2)18(25)16-22-19(21-9-10-24-11-14-26-15-12-24)20-8-5-7-17-6-3-4-13-27-17/h17H,3-16H2,1-2H3,(H2,20,21,22). The highest BCUT2D eigenvalue weighted by Gasteiger charge is 2.13. The Morgan fingerprint density at radius 1 is 1.15 bits per heavy atom. The molecule has 2 rings (SSSR count). The number of nitrogens with zero attached hydrogens (tertiary/aromatic N) is 3. The van der Waals surface area contributed by atoms with Crippen LogP contribution in [0.25, 0.3) is 0 Å². The van der Waals surface area contributed by atoms with Crippen molar-refractivity contribution >= 4 is 11.9 Å². The quantitative estimate of drug-likeness (QED) is 0.339. The second kappa shape index (κ2) is 12.9. The first-order valence-corrected chi connectivity index (χ1v) is 10.3. The Morgan fingerprint density at radius 3 is 2.63 bits per heavy atom. The van der Waals surface area contributed by atoms with E-state index >= 15 is 0 Å². The first kappa shape index (κ1) is 21.9. The lowest BCUT2D eigenvalue weighted by molar-refractivity contribution is -0.127. The van der Waals surface area contributed by atoms with Gasteiger partial charge in [-0.3, -0.25) is 9.69 Å². The SMILES string of the molecule is CN(C)C(=O)CN=C(NCCCC1CCCCO1)NCCN1CCOCC1. The van der Waals surface area contributed by atoms with E-state index in [1.54, 1.807) is 19.0 Å². The Kier molecular flexibility index (Phi) is 10.5. The van der Waals surface area contributed by atoms with Gasteiger partial charge in [0.1, 0.15) is 6.54 Å². The summed E-state index contributed by atoms with van der Waals surface area (Å²) in [7, 11) is 3.50. The number of hydrogen-bond acceptors (Lipinski definition) is 5. The summed E-state index contributed by atoms with van der Waals surface area (Å²) in [5.41, 5.74) is 0. The molecule has 156 valence electrons. The average Bonchev–Trinajstić information content (AvgIpc) is 2.70. The molecule has 1 unspecified atom stereocenters. The molecule has 0 aromatic heterocycles. The number of carbonyl (C=O) groups is 1. The number of likely N-dealkylation sites (N-methyl/N-ethyl adjacent to an activating group) is 1. The number of carbonyl (C=O) groups excluding carboxylic acids is 1. The Labute approximate surface area is 163 Å². The lowest BCUT2D eigenvalue weighted by Crippen LogP contribution is -2.45. The Hall–Kier alpha value is -1.38. The van der Waals surface area contributed by atoms with Crippen LogP contribution in [0.1, 0.15) is 32.1 Å². The maximum Gasteiger partial charge on any atom is 0.243 e. The third kappa shape index (κ3) is 9.39. The Morgan fingerprint density at radius 2 is 1.93 bits per heavy atom. The Balaban J connectivity index is 1.70. The summed E-state index contributed by atoms with van der Waals surface area (Å²) in [4.78, 5) is 20.2. The van der Waals surface area contributed by atoms with Crippen LogP contribution in [0.3, 0.4) is 0 Å². The first-order valence-electron chi connectivity index (χ1n) is 10.3. The zero-order valence-electron chi connectivity index (χ0n) is 17.0. The smallest absolute Gasteiger partial charge is 0.243 e. The number of morpholine rings is 1. The fourth-order valence-corrected chi connectivity index (χ4v) is 3.19. The van der Waals surface area contributed by atoms with Crippen molar-refractivity contribution in [2.24, 2.45) is 4.99 Å². The van der Waals surface area contributed by atoms with Crippen molar-refractivity contribution in [1.82, 2.24) is 20.4 Å². The molecule has 0 aromatic rings. The molecule has 8 heteroatoms. The minimum absolute atomic E-state index is 0.000107. The molecule has 2 fully saturated rings. The van der Waals surface area contributed by atoms with Crippen molar-refractivity contribution in [3.05, 3.63) is 0 Å². The third-order valence-electron chi connectivity index (χ3n) is 4.96. The van der Waals surface area contributed by atoms with E-state index in [1.807, 2.05) is 0 Å². The molecule has 1 atom stereocenters. The van der Waals surface area contributed by atoms with E-state index < -0.39 is 0 Å². The maximum absolute atomic E-state index is 11.8. The van der Waals surface area contributed by atoms with E-state index in [1.165, 1.54) is 19.3 Å². The van der Waals surface area contributed by atoms with Gasteiger partial charge in [-0.15, -0.1) is 0 Å². The summed E-state index contributed by atoms with van der Waals surface area (Å²) in [5.74, 6) is 0.711. The first-order chi connectivity index (χ1) is 13.1. The number of nitrogens with one attached hydrogen (secondary N) is 2. The number of aliphatic imine (C=N–C) groups is 1. The van der Waals surface area contributed by atoms with Gasteiger partial charge >= 0.3 is 0 Å². The number of amides is 1. The molecular formula is C19H37N5O3. The predicted octanol–water partition coefficient (Wildman–Crippen LogP) is 0.291. The van der Waals surface area contributed by atoms with E-state index in [2.05, 4.69) is 20.5 Å². The molecule has 0 aromatic carbocycles. The molecular weight excluding hydrogens is 346 g/mol. The number of ether oxygens (including phenoxy) is 2. The van der Waals surface area contributed by atoms with Crippen LogP contribution in [-0.2, 0) is 14.3 Å². The molecule has 2 heterocycles. The lowest BCUT2D eigenvalue weighted by Gasteiger charge is -2.27. The van der Waals surface area contributed by atoms with Crippen LogP contribution < -0.4 is 10.6 Å². The van der Waals surface area contributed by atoms with E-state index in [0.29, 0.717) is 12.1 Å². The average molecular weight is 384 g/mol. The lowest BCUT2D eigenvalue weighted by atomic mass is 10.0. The summed E-state index contributed by atoms with van der Waals surface area (Å²) >= 11 is 0. The van der Waals surface area contributed by atoms with E-state index in [0.717, 1.165) is 65.4 Å². The van der Waals surface area contributed by atoms with Crippen LogP contribution in [0.4, 0.5) is 0 Å². The van der Waals surface area contributed by atoms with Crippen LogP contribution in [0, 0.1) is 0 Å². The predicted molar refractivity (Wildman–Crippen MR) is 107 cm³/mol. The second-order valence-corrected chi connectivity index (χ2v) is 7.39. The maximum atomic E-state index is 11.8. The fourth-order valence-electron chi connectivity index (χ4n) is 3.19. The normalized spacial score (nSPS) is 21.7. The highest BCUT2D eigenvalue weighted by molar-refractivity contribution is 5.84. The summed E-state index contributed by atoms with van der Waals surface area (Å²) in [5, 5.41) is 6.71. The van der Waals surface area contributed by atoms with Crippen LogP contribution in [0.5, 0.6) is 0 Å². The molecule has 2 aliphatic heterocycles. The van der Waals surface area contributed by atoms with Gasteiger partial charge in [-0.05, 0) is 32.1 Å². The second-order valence-electron chi connectivity index (χ2n) is 7.39. The van der Waals surface area contributed by atoms with Gasteiger partial charge in [0.05, 0.1) is 19.3 Å². The monoisotopic (exact) mass is 383 g/mol. The van der Waals surface area contributed by atoms with Crippen LogP contribution >= 0.6 is 0 Å². The molecule has 27 heavy (non-hydrogen) atoms. The van der Waals surface area contributed by atoms with E-state index in [9.17, 15) is 4.79 Å². The summed E-state index contributed by atoms with van der Waals surface area (Å²) in [6, 6.07) is 0. The third-order valence-corrected chi connectivity index (χ3v) is 4.96. The molecule has 1 amide bonds. The molecule has 0 spiro atoms. The van der Waals surface area contributed by atoms with Gasteiger partial charge in [0, 0.05) is 53.4 Å². The molecule has 0 bridgehead atoms. The molecule has 0 aliphatic carbocycles. The zero-order valence-corrected chi connectivity index (χ0v) is 17.0. The van der Waals surface area contributed by atoms with Crippen molar-refractivity contribution in [3.63, 3.8) is 0 Å². The van der Waals surface area contributed by atoms with E-state index in [-0.39, 0.29) is 12.5 Å². The van der Waals surface area contributed by atoms with Gasteiger partial charge in [-0.1, -0.05) is 0 Å². The molecule has 8 nitrogen and oxygen atoms in total. The summed E-state index contributed by atoms with van der Waals surface area (Å²) < 4.78 is 11.2. The van der Waals surface area contributed by atoms with Gasteiger partial charge < -0.3 is 25.0 Å². The minimum atomic E-state index is -0.000107. The fraction of sp³-hybridized carbons (Fsp3) is 0.895. The van der Waals surface area contributed by atoms with Gasteiger partial charge in [0.25, 0.3) is 0 Å². The van der Waals surface area contributed by atoms with Crippen LogP contribution in [0.2, 0.25) is 0 Å². The number of hydrogen-bond donors (Lipinski definition) is 2. The highest BCUT2D eigenvalue weighted by Crippen LogP contribution is 2.16. The summed E-state index contributed by atoms with van der Waals surface area (Å²) in [6.45, 7) is 7.20. The van der Waals surface area contributed by atoms with Gasteiger partial charge in [-0.2, -0.15) is 0 Å². The molecule has 2 N–H and O–H groups in total. The minimum Gasteiger partial charge on any atom is -0.379 e. The number of rotatable bonds is 9. The van der Waals surface area contributed by atoms with E-state index in [4.69, 9.17) is 9.47 Å². The van der Waals surface area contributed by atoms with Crippen molar-refractivity contribution in [2.45, 2.75) is 38.2 Å². The Bertz CT molecular complexity index is 447. The topological polar surface area (TPSA) is 78.4 Å². The zero-order chi connectivity index (χ0) is 19.3.